The normalized spacial score (nSPS) is 18.2. The van der Waals surface area contributed by atoms with Crippen molar-refractivity contribution < 1.29 is 9.50 Å². The van der Waals surface area contributed by atoms with Crippen molar-refractivity contribution in [2.24, 2.45) is 0 Å². The quantitative estimate of drug-likeness (QED) is 0.590. The fraction of sp³-hybridized carbons (Fsp3) is 0.750. The lowest BCUT2D eigenvalue weighted by Crippen LogP contribution is -2.52. The molecule has 0 amide bonds. The number of hydrogen-bond donors (Lipinski definition) is 1. The molecule has 0 saturated heterocycles. The molecule has 1 N–H and O–H groups in total. The standard InChI is InChI=1S/C4HCl5FNO/c5-3(6,7)2(12,1-11)4(8,9)10/h12H. The maximum Gasteiger partial charge on any atom is 0.303 e. The zero-order valence-electron chi connectivity index (χ0n) is 5.16. The van der Waals surface area contributed by atoms with Crippen LogP contribution in [0.3, 0.4) is 0 Å². The van der Waals surface area contributed by atoms with Crippen molar-refractivity contribution in [2.45, 2.75) is 14.0 Å². The van der Waals surface area contributed by atoms with E-state index in [1.165, 1.54) is 0 Å². The topological polar surface area (TPSA) is 44.0 Å². The van der Waals surface area contributed by atoms with Crippen molar-refractivity contribution in [3.63, 3.8) is 0 Å². The first-order valence-electron chi connectivity index (χ1n) is 2.33. The summed E-state index contributed by atoms with van der Waals surface area (Å²) in [6, 6.07) is 0.979. The molecular formula is C4HCl5FNO. The Morgan fingerprint density at radius 3 is 1.50 bits per heavy atom. The second-order valence-corrected chi connectivity index (χ2v) is 5.33. The molecule has 0 radical (unpaired) electrons. The maximum atomic E-state index is 12.7. The fourth-order valence-electron chi connectivity index (χ4n) is 0.287. The minimum Gasteiger partial charge on any atom is -0.367 e. The van der Waals surface area contributed by atoms with Gasteiger partial charge in [0.1, 0.15) is 6.07 Å². The molecule has 0 heterocycles. The van der Waals surface area contributed by atoms with Gasteiger partial charge in [0, 0.05) is 0 Å². The van der Waals surface area contributed by atoms with Crippen LogP contribution in [-0.4, -0.2) is 19.1 Å². The predicted molar refractivity (Wildman–Crippen MR) is 46.4 cm³/mol. The molecular weight excluding hydrogens is 274 g/mol. The summed E-state index contributed by atoms with van der Waals surface area (Å²) in [5.74, 6) is 0. The molecule has 2 nitrogen and oxygen atoms in total. The Morgan fingerprint density at radius 2 is 1.50 bits per heavy atom. The van der Waals surface area contributed by atoms with Gasteiger partial charge < -0.3 is 5.11 Å². The third-order valence-corrected chi connectivity index (χ3v) is 2.35. The first-order valence-corrected chi connectivity index (χ1v) is 4.22. The zero-order valence-corrected chi connectivity index (χ0v) is 8.94. The summed E-state index contributed by atoms with van der Waals surface area (Å²) in [6.07, 6.45) is 0. The summed E-state index contributed by atoms with van der Waals surface area (Å²) in [7, 11) is 0. The van der Waals surface area contributed by atoms with Crippen LogP contribution in [0.15, 0.2) is 0 Å². The lowest BCUT2D eigenvalue weighted by Gasteiger charge is -2.31. The summed E-state index contributed by atoms with van der Waals surface area (Å²) >= 11 is 24.8. The van der Waals surface area contributed by atoms with E-state index in [2.05, 4.69) is 0 Å². The first-order chi connectivity index (χ1) is 5.06. The lowest BCUT2D eigenvalue weighted by molar-refractivity contribution is 0.0338. The van der Waals surface area contributed by atoms with E-state index in [1.54, 1.807) is 0 Å². The highest BCUT2D eigenvalue weighted by atomic mass is 35.6. The molecule has 0 fully saturated rings. The van der Waals surface area contributed by atoms with Crippen LogP contribution in [0.5, 0.6) is 0 Å². The van der Waals surface area contributed by atoms with Crippen LogP contribution in [0.4, 0.5) is 4.39 Å². The number of nitriles is 1. The van der Waals surface area contributed by atoms with Crippen LogP contribution < -0.4 is 0 Å². The number of hydrogen-bond acceptors (Lipinski definition) is 2. The Hall–Kier alpha value is 0.830. The second kappa shape index (κ2) is 3.53. The fourth-order valence-corrected chi connectivity index (χ4v) is 1.46. The number of alkyl halides is 6. The Labute approximate surface area is 92.7 Å². The summed E-state index contributed by atoms with van der Waals surface area (Å²) in [5, 5.41) is 17.4. The Balaban J connectivity index is 5.14. The van der Waals surface area contributed by atoms with Crippen LogP contribution in [0.2, 0.25) is 0 Å². The second-order valence-electron chi connectivity index (χ2n) is 1.82. The molecule has 70 valence electrons. The third-order valence-electron chi connectivity index (χ3n) is 0.982. The maximum absolute atomic E-state index is 12.7. The zero-order chi connectivity index (χ0) is 10.2. The highest BCUT2D eigenvalue weighted by Crippen LogP contribution is 2.49. The first kappa shape index (κ1) is 12.8. The van der Waals surface area contributed by atoms with Gasteiger partial charge in [-0.3, -0.25) is 0 Å². The molecule has 0 saturated carbocycles. The Kier molecular flexibility index (Phi) is 3.77. The molecule has 0 spiro atoms. The smallest absolute Gasteiger partial charge is 0.303 e. The summed E-state index contributed by atoms with van der Waals surface area (Å²) in [4.78, 5) is 0. The molecule has 0 aliphatic rings. The monoisotopic (exact) mass is 273 g/mol. The Bertz CT molecular complexity index is 199. The van der Waals surface area contributed by atoms with Gasteiger partial charge in [-0.05, 0) is 0 Å². The van der Waals surface area contributed by atoms with Gasteiger partial charge >= 0.3 is 4.59 Å². The summed E-state index contributed by atoms with van der Waals surface area (Å²) in [6.45, 7) is 0. The molecule has 12 heavy (non-hydrogen) atoms. The van der Waals surface area contributed by atoms with Gasteiger partial charge in [0.05, 0.1) is 0 Å². The van der Waals surface area contributed by atoms with E-state index < -0.39 is 14.0 Å². The SMILES string of the molecule is N#CC(O)(C(F)(Cl)Cl)C(Cl)(Cl)Cl. The van der Waals surface area contributed by atoms with E-state index in [0.29, 0.717) is 0 Å². The van der Waals surface area contributed by atoms with E-state index in [1.807, 2.05) is 0 Å². The molecule has 0 aliphatic carbocycles. The van der Waals surface area contributed by atoms with Gasteiger partial charge in [-0.1, -0.05) is 58.0 Å². The van der Waals surface area contributed by atoms with E-state index in [-0.39, 0.29) is 0 Å². The number of rotatable bonds is 1. The van der Waals surface area contributed by atoms with Gasteiger partial charge in [0.25, 0.3) is 5.60 Å². The van der Waals surface area contributed by atoms with Crippen molar-refractivity contribution in [3.8, 4) is 6.07 Å². The molecule has 0 aromatic carbocycles. The van der Waals surface area contributed by atoms with Crippen molar-refractivity contribution >= 4 is 58.0 Å². The third kappa shape index (κ3) is 2.20. The van der Waals surface area contributed by atoms with Crippen LogP contribution in [-0.2, 0) is 0 Å². The van der Waals surface area contributed by atoms with Gasteiger partial charge in [-0.2, -0.15) is 5.26 Å². The molecule has 0 aliphatic heterocycles. The highest BCUT2D eigenvalue weighted by molar-refractivity contribution is 6.69. The summed E-state index contributed by atoms with van der Waals surface area (Å²) in [5.41, 5.74) is -3.12. The average molecular weight is 275 g/mol. The van der Waals surface area contributed by atoms with Crippen molar-refractivity contribution in [2.75, 3.05) is 0 Å². The molecule has 0 bridgehead atoms. The van der Waals surface area contributed by atoms with Gasteiger partial charge in [0.2, 0.25) is 3.79 Å². The van der Waals surface area contributed by atoms with Gasteiger partial charge in [-0.25, -0.2) is 4.39 Å². The van der Waals surface area contributed by atoms with Gasteiger partial charge in [-0.15, -0.1) is 0 Å². The molecule has 1 atom stereocenters. The van der Waals surface area contributed by atoms with Crippen LogP contribution >= 0.6 is 58.0 Å². The average Bonchev–Trinajstić information content (AvgIpc) is 1.81. The van der Waals surface area contributed by atoms with E-state index in [9.17, 15) is 4.39 Å². The molecule has 1 unspecified atom stereocenters. The van der Waals surface area contributed by atoms with Gasteiger partial charge in [0.15, 0.2) is 0 Å². The van der Waals surface area contributed by atoms with E-state index in [0.717, 1.165) is 6.07 Å². The Morgan fingerprint density at radius 1 is 1.17 bits per heavy atom. The molecule has 8 heteroatoms. The highest BCUT2D eigenvalue weighted by Gasteiger charge is 2.63. The predicted octanol–water partition coefficient (Wildman–Crippen LogP) is 2.71. The van der Waals surface area contributed by atoms with Crippen LogP contribution in [0.25, 0.3) is 0 Å². The van der Waals surface area contributed by atoms with Crippen LogP contribution in [0.1, 0.15) is 0 Å². The number of nitrogens with zero attached hydrogens (tertiary/aromatic N) is 1. The van der Waals surface area contributed by atoms with E-state index >= 15 is 0 Å². The lowest BCUT2D eigenvalue weighted by atomic mass is 10.1. The van der Waals surface area contributed by atoms with Crippen molar-refractivity contribution in [1.82, 2.24) is 0 Å². The largest absolute Gasteiger partial charge is 0.367 e. The van der Waals surface area contributed by atoms with E-state index in [4.69, 9.17) is 68.4 Å². The molecule has 0 rings (SSSR count). The minimum absolute atomic E-state index is 0.979. The molecule has 0 aromatic rings. The van der Waals surface area contributed by atoms with Crippen molar-refractivity contribution in [3.05, 3.63) is 0 Å². The van der Waals surface area contributed by atoms with Crippen molar-refractivity contribution in [1.29, 1.82) is 5.26 Å². The summed E-state index contributed by atoms with van der Waals surface area (Å²) < 4.78 is 6.73. The van der Waals surface area contributed by atoms with Crippen LogP contribution in [0, 0.1) is 11.3 Å². The molecule has 0 aromatic heterocycles. The minimum atomic E-state index is -3.37. The number of aliphatic hydroxyl groups is 1. The number of halogens is 6.